The summed E-state index contributed by atoms with van der Waals surface area (Å²) in [6.07, 6.45) is 1.53. The molecule has 0 aliphatic heterocycles. The molecule has 2 N–H and O–H groups in total. The number of hydrogen-bond donors (Lipinski definition) is 2. The van der Waals surface area contributed by atoms with Gasteiger partial charge in [0.1, 0.15) is 0 Å². The highest BCUT2D eigenvalue weighted by Gasteiger charge is 2.01. The molecular formula is C11H27Cl2N3O. The highest BCUT2D eigenvalue weighted by atomic mass is 35.5. The lowest BCUT2D eigenvalue weighted by Crippen LogP contribution is -2.34. The lowest BCUT2D eigenvalue weighted by Gasteiger charge is -2.17. The molecule has 0 aromatic heterocycles. The van der Waals surface area contributed by atoms with E-state index in [4.69, 9.17) is 0 Å². The lowest BCUT2D eigenvalue weighted by atomic mass is 10.3. The number of hydrogen-bond acceptors (Lipinski definition) is 3. The third-order valence-corrected chi connectivity index (χ3v) is 2.48. The average Bonchev–Trinajstić information content (AvgIpc) is 2.25. The van der Waals surface area contributed by atoms with Gasteiger partial charge in [-0.25, -0.2) is 0 Å². The van der Waals surface area contributed by atoms with Crippen LogP contribution in [0.2, 0.25) is 0 Å². The third-order valence-electron chi connectivity index (χ3n) is 2.48. The number of nitrogens with one attached hydrogen (secondary N) is 2. The Morgan fingerprint density at radius 2 is 1.71 bits per heavy atom. The monoisotopic (exact) mass is 287 g/mol. The van der Waals surface area contributed by atoms with Crippen molar-refractivity contribution in [2.75, 3.05) is 39.8 Å². The van der Waals surface area contributed by atoms with E-state index in [0.717, 1.165) is 39.1 Å². The Morgan fingerprint density at radius 1 is 1.12 bits per heavy atom. The Labute approximate surface area is 118 Å². The maximum Gasteiger partial charge on any atom is 0.220 e. The second-order valence-electron chi connectivity index (χ2n) is 3.58. The summed E-state index contributed by atoms with van der Waals surface area (Å²) in [6.45, 7) is 8.99. The van der Waals surface area contributed by atoms with Gasteiger partial charge in [-0.2, -0.15) is 0 Å². The van der Waals surface area contributed by atoms with Gasteiger partial charge in [0.25, 0.3) is 0 Å². The summed E-state index contributed by atoms with van der Waals surface area (Å²) in [5.41, 5.74) is 0. The molecule has 106 valence electrons. The standard InChI is InChI=1S/C11H25N3O.2ClH/c1-4-14(5-2)10-9-13-11(15)7-6-8-12-3;;/h12H,4-10H2,1-3H3,(H,13,15);2*1H. The van der Waals surface area contributed by atoms with Gasteiger partial charge < -0.3 is 15.5 Å². The normalized spacial score (nSPS) is 9.41. The molecule has 0 aliphatic rings. The van der Waals surface area contributed by atoms with E-state index in [1.807, 2.05) is 7.05 Å². The van der Waals surface area contributed by atoms with E-state index < -0.39 is 0 Å². The average molecular weight is 288 g/mol. The van der Waals surface area contributed by atoms with Crippen molar-refractivity contribution in [2.45, 2.75) is 26.7 Å². The zero-order chi connectivity index (χ0) is 11.5. The first kappa shape index (κ1) is 22.2. The summed E-state index contributed by atoms with van der Waals surface area (Å²) in [5.74, 6) is 0.164. The number of rotatable bonds is 9. The van der Waals surface area contributed by atoms with Crippen LogP contribution in [0, 0.1) is 0 Å². The molecule has 0 bridgehead atoms. The molecule has 0 saturated carbocycles. The maximum absolute atomic E-state index is 11.3. The summed E-state index contributed by atoms with van der Waals surface area (Å²) in [7, 11) is 1.90. The molecule has 0 aromatic carbocycles. The van der Waals surface area contributed by atoms with E-state index in [9.17, 15) is 4.79 Å². The number of carbonyl (C=O) groups excluding carboxylic acids is 1. The van der Waals surface area contributed by atoms with Crippen LogP contribution in [0.15, 0.2) is 0 Å². The Kier molecular flexibility index (Phi) is 20.8. The van der Waals surface area contributed by atoms with Gasteiger partial charge in [-0.05, 0) is 33.1 Å². The predicted molar refractivity (Wildman–Crippen MR) is 78.5 cm³/mol. The van der Waals surface area contributed by atoms with Gasteiger partial charge in [-0.15, -0.1) is 24.8 Å². The first-order valence-corrected chi connectivity index (χ1v) is 5.88. The largest absolute Gasteiger partial charge is 0.355 e. The zero-order valence-electron chi connectivity index (χ0n) is 11.1. The fourth-order valence-electron chi connectivity index (χ4n) is 1.41. The van der Waals surface area contributed by atoms with Crippen molar-refractivity contribution in [2.24, 2.45) is 0 Å². The van der Waals surface area contributed by atoms with Gasteiger partial charge in [0.05, 0.1) is 0 Å². The van der Waals surface area contributed by atoms with Gasteiger partial charge in [0, 0.05) is 19.5 Å². The quantitative estimate of drug-likeness (QED) is 0.628. The molecule has 17 heavy (non-hydrogen) atoms. The van der Waals surface area contributed by atoms with E-state index >= 15 is 0 Å². The summed E-state index contributed by atoms with van der Waals surface area (Å²) >= 11 is 0. The van der Waals surface area contributed by atoms with E-state index in [0.29, 0.717) is 6.42 Å². The van der Waals surface area contributed by atoms with Crippen LogP contribution >= 0.6 is 24.8 Å². The second-order valence-corrected chi connectivity index (χ2v) is 3.58. The molecule has 0 aliphatic carbocycles. The second kappa shape index (κ2) is 16.0. The molecule has 1 amide bonds. The van der Waals surface area contributed by atoms with E-state index in [1.54, 1.807) is 0 Å². The van der Waals surface area contributed by atoms with Crippen LogP contribution in [-0.4, -0.2) is 50.6 Å². The third kappa shape index (κ3) is 13.9. The SMILES string of the molecule is CCN(CC)CCNC(=O)CCCNC.Cl.Cl. The number of nitrogens with zero attached hydrogens (tertiary/aromatic N) is 1. The Balaban J connectivity index is -0.000000980. The first-order chi connectivity index (χ1) is 7.24. The summed E-state index contributed by atoms with van der Waals surface area (Å²) in [6, 6.07) is 0. The number of amides is 1. The van der Waals surface area contributed by atoms with Gasteiger partial charge in [-0.3, -0.25) is 4.79 Å². The van der Waals surface area contributed by atoms with Crippen LogP contribution < -0.4 is 10.6 Å². The van der Waals surface area contributed by atoms with Crippen LogP contribution in [0.5, 0.6) is 0 Å². The molecule has 0 rings (SSSR count). The van der Waals surface area contributed by atoms with Crippen molar-refractivity contribution in [3.8, 4) is 0 Å². The first-order valence-electron chi connectivity index (χ1n) is 5.88. The molecule has 0 fully saturated rings. The predicted octanol–water partition coefficient (Wildman–Crippen LogP) is 1.29. The highest BCUT2D eigenvalue weighted by Crippen LogP contribution is 1.88. The van der Waals surface area contributed by atoms with Gasteiger partial charge in [0.15, 0.2) is 0 Å². The van der Waals surface area contributed by atoms with E-state index in [1.165, 1.54) is 0 Å². The van der Waals surface area contributed by atoms with E-state index in [-0.39, 0.29) is 30.7 Å². The van der Waals surface area contributed by atoms with Crippen molar-refractivity contribution in [3.63, 3.8) is 0 Å². The van der Waals surface area contributed by atoms with Crippen molar-refractivity contribution in [3.05, 3.63) is 0 Å². The summed E-state index contributed by atoms with van der Waals surface area (Å²) in [4.78, 5) is 13.6. The minimum Gasteiger partial charge on any atom is -0.355 e. The van der Waals surface area contributed by atoms with Crippen LogP contribution in [0.1, 0.15) is 26.7 Å². The summed E-state index contributed by atoms with van der Waals surface area (Å²) < 4.78 is 0. The fourth-order valence-corrected chi connectivity index (χ4v) is 1.41. The number of carbonyl (C=O) groups is 1. The molecule has 0 radical (unpaired) electrons. The van der Waals surface area contributed by atoms with Gasteiger partial charge >= 0.3 is 0 Å². The Morgan fingerprint density at radius 3 is 2.18 bits per heavy atom. The molecule has 0 spiro atoms. The summed E-state index contributed by atoms with van der Waals surface area (Å²) in [5, 5.41) is 5.96. The molecule has 0 saturated heterocycles. The zero-order valence-corrected chi connectivity index (χ0v) is 12.8. The smallest absolute Gasteiger partial charge is 0.220 e. The van der Waals surface area contributed by atoms with Crippen molar-refractivity contribution in [1.82, 2.24) is 15.5 Å². The highest BCUT2D eigenvalue weighted by molar-refractivity contribution is 5.85. The van der Waals surface area contributed by atoms with Gasteiger partial charge in [-0.1, -0.05) is 13.8 Å². The van der Waals surface area contributed by atoms with Crippen LogP contribution in [0.25, 0.3) is 0 Å². The van der Waals surface area contributed by atoms with Crippen LogP contribution in [0.3, 0.4) is 0 Å². The van der Waals surface area contributed by atoms with Crippen molar-refractivity contribution in [1.29, 1.82) is 0 Å². The Bertz CT molecular complexity index is 167. The molecule has 0 aromatic rings. The number of likely N-dealkylation sites (N-methyl/N-ethyl adjacent to an activating group) is 1. The number of halogens is 2. The molecule has 0 unspecified atom stereocenters. The van der Waals surface area contributed by atoms with Gasteiger partial charge in [0.2, 0.25) is 5.91 Å². The van der Waals surface area contributed by atoms with Crippen molar-refractivity contribution < 1.29 is 4.79 Å². The minimum absolute atomic E-state index is 0. The maximum atomic E-state index is 11.3. The minimum atomic E-state index is 0. The fraction of sp³-hybridized carbons (Fsp3) is 0.909. The van der Waals surface area contributed by atoms with Crippen LogP contribution in [-0.2, 0) is 4.79 Å². The molecule has 6 heteroatoms. The Hall–Kier alpha value is -0.0300. The topological polar surface area (TPSA) is 44.4 Å². The van der Waals surface area contributed by atoms with Crippen LogP contribution in [0.4, 0.5) is 0 Å². The lowest BCUT2D eigenvalue weighted by molar-refractivity contribution is -0.121. The molecular weight excluding hydrogens is 261 g/mol. The molecule has 0 atom stereocenters. The molecule has 4 nitrogen and oxygen atoms in total. The van der Waals surface area contributed by atoms with Crippen molar-refractivity contribution >= 4 is 30.7 Å². The van der Waals surface area contributed by atoms with E-state index in [2.05, 4.69) is 29.4 Å². The molecule has 0 heterocycles.